The van der Waals surface area contributed by atoms with Crippen molar-refractivity contribution in [3.8, 4) is 0 Å². The van der Waals surface area contributed by atoms with Crippen molar-refractivity contribution in [2.75, 3.05) is 26.2 Å². The first kappa shape index (κ1) is 26.3. The Labute approximate surface area is 224 Å². The zero-order valence-corrected chi connectivity index (χ0v) is 22.9. The van der Waals surface area contributed by atoms with Gasteiger partial charge >= 0.3 is 0 Å². The fraction of sp³-hybridized carbons (Fsp3) is 0.812. The van der Waals surface area contributed by atoms with Crippen LogP contribution in [0.3, 0.4) is 0 Å². The Morgan fingerprint density at radius 1 is 0.811 bits per heavy atom. The molecule has 206 valence electrons. The lowest BCUT2D eigenvalue weighted by molar-refractivity contribution is -1.00. The maximum Gasteiger partial charge on any atom is 0.198 e. The molecular formula is C32H51N2O3+. The summed E-state index contributed by atoms with van der Waals surface area (Å²) in [5.41, 5.74) is -0.649. The molecule has 5 saturated heterocycles. The maximum absolute atomic E-state index is 12.6. The van der Waals surface area contributed by atoms with Gasteiger partial charge in [0, 0.05) is 18.3 Å². The van der Waals surface area contributed by atoms with Gasteiger partial charge in [-0.25, -0.2) is 0 Å². The minimum Gasteiger partial charge on any atom is -0.386 e. The van der Waals surface area contributed by atoms with Crippen LogP contribution in [0.25, 0.3) is 0 Å². The standard InChI is InChI=1S/C32H51N2O3/c35-27-17-13-9-5-1-4-8-12-16-22-34-24-25-23-31(30(34)37)19-14-10-6-2-3-7-11-15-20-33-21-18-26(25)32(34,28(27)36)29(31)33/h4-5,8-9,13,17,25-30,35-37H,1-3,6-7,10-12,14-16,18-24H2/q+1/b8-4-,9-5-,17-13+/t25?,26?,27?,28?,29?,30-,31?,32?,34?/m0/s1. The predicted molar refractivity (Wildman–Crippen MR) is 148 cm³/mol. The van der Waals surface area contributed by atoms with E-state index in [1.54, 1.807) is 0 Å². The monoisotopic (exact) mass is 511 g/mol. The number of hydrogen-bond donors (Lipinski definition) is 3. The Balaban J connectivity index is 1.48. The van der Waals surface area contributed by atoms with Crippen LogP contribution in [-0.2, 0) is 0 Å². The number of rotatable bonds is 0. The van der Waals surface area contributed by atoms with E-state index in [0.717, 1.165) is 64.7 Å². The second kappa shape index (κ2) is 10.5. The molecule has 0 amide bonds. The fourth-order valence-electron chi connectivity index (χ4n) is 10.7. The van der Waals surface area contributed by atoms with E-state index in [-0.39, 0.29) is 11.5 Å². The van der Waals surface area contributed by atoms with Crippen LogP contribution in [0.4, 0.5) is 0 Å². The minimum atomic E-state index is -0.910. The van der Waals surface area contributed by atoms with E-state index >= 15 is 0 Å². The summed E-state index contributed by atoms with van der Waals surface area (Å²) in [6.45, 7) is 4.05. The van der Waals surface area contributed by atoms with Crippen molar-refractivity contribution >= 4 is 0 Å². The van der Waals surface area contributed by atoms with E-state index in [2.05, 4.69) is 23.1 Å². The Morgan fingerprint density at radius 2 is 1.59 bits per heavy atom. The molecule has 9 atom stereocenters. The first-order valence-corrected chi connectivity index (χ1v) is 15.7. The zero-order chi connectivity index (χ0) is 25.5. The highest BCUT2D eigenvalue weighted by Gasteiger charge is 2.89. The molecule has 6 bridgehead atoms. The van der Waals surface area contributed by atoms with Crippen LogP contribution < -0.4 is 0 Å². The van der Waals surface area contributed by atoms with Crippen molar-refractivity contribution in [3.05, 3.63) is 36.5 Å². The fourth-order valence-corrected chi connectivity index (χ4v) is 10.7. The molecule has 7 rings (SSSR count). The first-order chi connectivity index (χ1) is 18.1. The van der Waals surface area contributed by atoms with Gasteiger partial charge in [0.05, 0.1) is 24.5 Å². The van der Waals surface area contributed by atoms with Gasteiger partial charge in [0.1, 0.15) is 12.2 Å². The second-order valence-electron chi connectivity index (χ2n) is 13.4. The minimum absolute atomic E-state index is 0.158. The van der Waals surface area contributed by atoms with Gasteiger partial charge in [0.15, 0.2) is 11.8 Å². The Bertz CT molecular complexity index is 902. The molecule has 3 N–H and O–H groups in total. The Morgan fingerprint density at radius 3 is 2.43 bits per heavy atom. The van der Waals surface area contributed by atoms with Gasteiger partial charge in [-0.15, -0.1) is 0 Å². The van der Waals surface area contributed by atoms with Crippen LogP contribution in [0.5, 0.6) is 0 Å². The lowest BCUT2D eigenvalue weighted by atomic mass is 9.52. The van der Waals surface area contributed by atoms with Crippen LogP contribution in [-0.4, -0.2) is 80.9 Å². The molecule has 1 saturated carbocycles. The van der Waals surface area contributed by atoms with E-state index in [1.165, 1.54) is 51.4 Å². The molecule has 8 unspecified atom stereocenters. The Kier molecular flexibility index (Phi) is 7.48. The largest absolute Gasteiger partial charge is 0.386 e. The molecule has 6 fully saturated rings. The van der Waals surface area contributed by atoms with Crippen molar-refractivity contribution in [3.63, 3.8) is 0 Å². The normalized spacial score (nSPS) is 51.6. The van der Waals surface area contributed by atoms with Crippen LogP contribution in [0.1, 0.15) is 89.9 Å². The SMILES string of the molecule is OC1/C=C/C=C\C/C=C\CCC[N+]23CC4CC5(CCCCCCCCCCN6CCC4C2(C1O)C65)[C@@H]3O. The molecule has 0 radical (unpaired) electrons. The zero-order valence-electron chi connectivity index (χ0n) is 22.9. The van der Waals surface area contributed by atoms with Crippen molar-refractivity contribution in [2.45, 2.75) is 120 Å². The molecule has 37 heavy (non-hydrogen) atoms. The average molecular weight is 512 g/mol. The molecule has 7 aliphatic rings. The van der Waals surface area contributed by atoms with Gasteiger partial charge in [-0.3, -0.25) is 9.38 Å². The van der Waals surface area contributed by atoms with Gasteiger partial charge in [-0.05, 0) is 51.6 Å². The number of piperidine rings is 2. The number of hydrogen-bond acceptors (Lipinski definition) is 4. The molecular weight excluding hydrogens is 460 g/mol. The van der Waals surface area contributed by atoms with Crippen molar-refractivity contribution < 1.29 is 19.8 Å². The topological polar surface area (TPSA) is 63.9 Å². The summed E-state index contributed by atoms with van der Waals surface area (Å²) in [7, 11) is 0. The van der Waals surface area contributed by atoms with Gasteiger partial charge in [-0.2, -0.15) is 0 Å². The number of nitrogens with zero attached hydrogens (tertiary/aromatic N) is 2. The van der Waals surface area contributed by atoms with Crippen molar-refractivity contribution in [2.24, 2.45) is 17.3 Å². The summed E-state index contributed by atoms with van der Waals surface area (Å²) in [6, 6.07) is 0.158. The summed E-state index contributed by atoms with van der Waals surface area (Å²) < 4.78 is 0.638. The maximum atomic E-state index is 12.6. The van der Waals surface area contributed by atoms with E-state index in [0.29, 0.717) is 16.3 Å². The number of aliphatic hydroxyl groups is 3. The molecule has 5 nitrogen and oxygen atoms in total. The average Bonchev–Trinajstić information content (AvgIpc) is 3.19. The highest BCUT2D eigenvalue weighted by molar-refractivity contribution is 5.28. The quantitative estimate of drug-likeness (QED) is 0.326. The number of aliphatic hydroxyl groups excluding tert-OH is 3. The van der Waals surface area contributed by atoms with E-state index in [9.17, 15) is 15.3 Å². The molecule has 1 aliphatic carbocycles. The van der Waals surface area contributed by atoms with E-state index in [1.807, 2.05) is 18.2 Å². The van der Waals surface area contributed by atoms with Crippen LogP contribution >= 0.6 is 0 Å². The molecule has 0 aromatic rings. The summed E-state index contributed by atoms with van der Waals surface area (Å²) in [5.74, 6) is 0.932. The van der Waals surface area contributed by atoms with Gasteiger partial charge < -0.3 is 15.3 Å². The Hall–Kier alpha value is -0.980. The summed E-state index contributed by atoms with van der Waals surface area (Å²) >= 11 is 0. The molecule has 0 aromatic heterocycles. The van der Waals surface area contributed by atoms with Gasteiger partial charge in [0.25, 0.3) is 0 Å². The van der Waals surface area contributed by atoms with Crippen molar-refractivity contribution in [1.29, 1.82) is 0 Å². The predicted octanol–water partition coefficient (Wildman–Crippen LogP) is 4.68. The second-order valence-corrected chi connectivity index (χ2v) is 13.4. The third-order valence-corrected chi connectivity index (χ3v) is 11.8. The van der Waals surface area contributed by atoms with E-state index in [4.69, 9.17) is 0 Å². The lowest BCUT2D eigenvalue weighted by Gasteiger charge is -2.58. The highest BCUT2D eigenvalue weighted by atomic mass is 16.3. The van der Waals surface area contributed by atoms with Crippen LogP contribution in [0.2, 0.25) is 0 Å². The van der Waals surface area contributed by atoms with Gasteiger partial charge in [0.2, 0.25) is 0 Å². The first-order valence-electron chi connectivity index (χ1n) is 15.7. The van der Waals surface area contributed by atoms with Crippen LogP contribution in [0, 0.1) is 17.3 Å². The molecule has 6 heterocycles. The number of allylic oxidation sites excluding steroid dienone is 5. The molecule has 0 aromatic carbocycles. The van der Waals surface area contributed by atoms with E-state index < -0.39 is 24.0 Å². The third kappa shape index (κ3) is 3.89. The number of quaternary nitrogens is 1. The lowest BCUT2D eigenvalue weighted by Crippen LogP contribution is -2.77. The summed E-state index contributed by atoms with van der Waals surface area (Å²) in [6.07, 6.45) is 26.6. The molecule has 6 aliphatic heterocycles. The third-order valence-electron chi connectivity index (χ3n) is 11.8. The molecule has 3 spiro atoms. The summed E-state index contributed by atoms with van der Waals surface area (Å²) in [4.78, 5) is 2.72. The van der Waals surface area contributed by atoms with Crippen molar-refractivity contribution in [1.82, 2.24) is 4.90 Å². The van der Waals surface area contributed by atoms with Gasteiger partial charge in [-0.1, -0.05) is 81.4 Å². The van der Waals surface area contributed by atoms with Crippen LogP contribution in [0.15, 0.2) is 36.5 Å². The smallest absolute Gasteiger partial charge is 0.198 e. The highest BCUT2D eigenvalue weighted by Crippen LogP contribution is 2.73. The summed E-state index contributed by atoms with van der Waals surface area (Å²) in [5, 5.41) is 36.5. The molecule has 5 heteroatoms.